The highest BCUT2D eigenvalue weighted by Gasteiger charge is 2.45. The monoisotopic (exact) mass is 346 g/mol. The molecule has 2 aliphatic rings. The first kappa shape index (κ1) is 17.3. The summed E-state index contributed by atoms with van der Waals surface area (Å²) in [7, 11) is 0. The Morgan fingerprint density at radius 3 is 2.62 bits per heavy atom. The van der Waals surface area contributed by atoms with Gasteiger partial charge in [0.25, 0.3) is 0 Å². The SMILES string of the molecule is CCC[C@H]1SC[C@H](C(=O)Nc2ccc(C)c(C)c2)N1C(=O)C1CC1. The van der Waals surface area contributed by atoms with Gasteiger partial charge in [0.1, 0.15) is 6.04 Å². The Bertz CT molecular complexity index is 642. The predicted octanol–water partition coefficient (Wildman–Crippen LogP) is 3.72. The highest BCUT2D eigenvalue weighted by atomic mass is 32.2. The molecule has 1 N–H and O–H groups in total. The molecular weight excluding hydrogens is 320 g/mol. The van der Waals surface area contributed by atoms with E-state index in [0.29, 0.717) is 5.75 Å². The van der Waals surface area contributed by atoms with Gasteiger partial charge in [-0.1, -0.05) is 19.4 Å². The lowest BCUT2D eigenvalue weighted by Crippen LogP contribution is -2.48. The van der Waals surface area contributed by atoms with Gasteiger partial charge in [0, 0.05) is 17.4 Å². The summed E-state index contributed by atoms with van der Waals surface area (Å²) in [5, 5.41) is 3.16. The van der Waals surface area contributed by atoms with E-state index < -0.39 is 0 Å². The molecule has 2 fully saturated rings. The maximum absolute atomic E-state index is 12.8. The third-order valence-corrected chi connectivity index (χ3v) is 6.24. The van der Waals surface area contributed by atoms with Gasteiger partial charge < -0.3 is 10.2 Å². The second-order valence-corrected chi connectivity index (χ2v) is 8.11. The maximum Gasteiger partial charge on any atom is 0.248 e. The van der Waals surface area contributed by atoms with Crippen LogP contribution in [-0.4, -0.2) is 33.9 Å². The van der Waals surface area contributed by atoms with Crippen molar-refractivity contribution >= 4 is 29.3 Å². The molecule has 0 unspecified atom stereocenters. The van der Waals surface area contributed by atoms with E-state index in [9.17, 15) is 9.59 Å². The number of benzene rings is 1. The van der Waals surface area contributed by atoms with Gasteiger partial charge in [0.05, 0.1) is 5.37 Å². The summed E-state index contributed by atoms with van der Waals surface area (Å²) >= 11 is 1.75. The third kappa shape index (κ3) is 3.61. The zero-order valence-electron chi connectivity index (χ0n) is 14.7. The van der Waals surface area contributed by atoms with Crippen molar-refractivity contribution in [3.05, 3.63) is 29.3 Å². The van der Waals surface area contributed by atoms with Crippen LogP contribution < -0.4 is 5.32 Å². The number of aryl methyl sites for hydroxylation is 2. The highest BCUT2D eigenvalue weighted by Crippen LogP contribution is 2.39. The van der Waals surface area contributed by atoms with Crippen LogP contribution in [0.2, 0.25) is 0 Å². The Morgan fingerprint density at radius 2 is 2.00 bits per heavy atom. The number of nitrogens with zero attached hydrogens (tertiary/aromatic N) is 1. The van der Waals surface area contributed by atoms with Gasteiger partial charge in [-0.25, -0.2) is 0 Å². The summed E-state index contributed by atoms with van der Waals surface area (Å²) in [6, 6.07) is 5.59. The lowest BCUT2D eigenvalue weighted by molar-refractivity contribution is -0.139. The molecule has 1 saturated heterocycles. The second-order valence-electron chi connectivity index (χ2n) is 6.90. The van der Waals surface area contributed by atoms with E-state index in [4.69, 9.17) is 0 Å². The minimum atomic E-state index is -0.346. The minimum absolute atomic E-state index is 0.0571. The number of rotatable bonds is 5. The third-order valence-electron chi connectivity index (χ3n) is 4.89. The van der Waals surface area contributed by atoms with Crippen LogP contribution in [0.25, 0.3) is 0 Å². The number of hydrogen-bond donors (Lipinski definition) is 1. The molecule has 1 aliphatic heterocycles. The number of carbonyl (C=O) groups excluding carboxylic acids is 2. The van der Waals surface area contributed by atoms with E-state index in [1.807, 2.05) is 30.0 Å². The molecule has 0 aromatic heterocycles. The Labute approximate surface area is 148 Å². The van der Waals surface area contributed by atoms with Crippen molar-refractivity contribution in [2.45, 2.75) is 57.9 Å². The Morgan fingerprint density at radius 1 is 1.25 bits per heavy atom. The van der Waals surface area contributed by atoms with Gasteiger partial charge in [-0.15, -0.1) is 11.8 Å². The average molecular weight is 346 g/mol. The minimum Gasteiger partial charge on any atom is -0.324 e. The lowest BCUT2D eigenvalue weighted by Gasteiger charge is -2.29. The quantitative estimate of drug-likeness (QED) is 0.884. The van der Waals surface area contributed by atoms with Crippen LogP contribution in [0.15, 0.2) is 18.2 Å². The van der Waals surface area contributed by atoms with E-state index in [1.165, 1.54) is 5.56 Å². The number of amides is 2. The summed E-state index contributed by atoms with van der Waals surface area (Å²) < 4.78 is 0. The van der Waals surface area contributed by atoms with Crippen LogP contribution in [-0.2, 0) is 9.59 Å². The van der Waals surface area contributed by atoms with Crippen LogP contribution in [0.5, 0.6) is 0 Å². The molecule has 24 heavy (non-hydrogen) atoms. The van der Waals surface area contributed by atoms with Crippen molar-refractivity contribution in [1.29, 1.82) is 0 Å². The molecule has 0 radical (unpaired) electrons. The first-order valence-corrected chi connectivity index (χ1v) is 9.88. The summed E-state index contributed by atoms with van der Waals surface area (Å²) in [4.78, 5) is 27.4. The summed E-state index contributed by atoms with van der Waals surface area (Å²) in [6.07, 6.45) is 3.93. The van der Waals surface area contributed by atoms with Gasteiger partial charge in [-0.05, 0) is 56.4 Å². The summed E-state index contributed by atoms with van der Waals surface area (Å²) in [6.45, 7) is 6.22. The second kappa shape index (κ2) is 7.18. The Hall–Kier alpha value is -1.49. The van der Waals surface area contributed by atoms with Crippen LogP contribution in [0.1, 0.15) is 43.7 Å². The Kier molecular flexibility index (Phi) is 5.18. The molecule has 5 heteroatoms. The smallest absolute Gasteiger partial charge is 0.248 e. The number of thioether (sulfide) groups is 1. The normalized spacial score (nSPS) is 23.4. The van der Waals surface area contributed by atoms with E-state index in [1.54, 1.807) is 11.8 Å². The van der Waals surface area contributed by atoms with Crippen molar-refractivity contribution in [2.24, 2.45) is 5.92 Å². The van der Waals surface area contributed by atoms with Crippen LogP contribution in [0, 0.1) is 19.8 Å². The van der Waals surface area contributed by atoms with Crippen molar-refractivity contribution in [2.75, 3.05) is 11.1 Å². The fraction of sp³-hybridized carbons (Fsp3) is 0.579. The van der Waals surface area contributed by atoms with Crippen LogP contribution in [0.4, 0.5) is 5.69 Å². The topological polar surface area (TPSA) is 49.4 Å². The van der Waals surface area contributed by atoms with Gasteiger partial charge in [0.15, 0.2) is 0 Å². The van der Waals surface area contributed by atoms with Crippen LogP contribution in [0.3, 0.4) is 0 Å². The van der Waals surface area contributed by atoms with E-state index >= 15 is 0 Å². The van der Waals surface area contributed by atoms with E-state index in [0.717, 1.165) is 36.9 Å². The maximum atomic E-state index is 12.8. The van der Waals surface area contributed by atoms with Gasteiger partial charge in [0.2, 0.25) is 11.8 Å². The zero-order chi connectivity index (χ0) is 17.3. The number of anilines is 1. The van der Waals surface area contributed by atoms with Gasteiger partial charge in [-0.2, -0.15) is 0 Å². The molecule has 1 aromatic carbocycles. The molecule has 2 atom stereocenters. The first-order valence-electron chi connectivity index (χ1n) is 8.83. The summed E-state index contributed by atoms with van der Waals surface area (Å²) in [5.74, 6) is 0.969. The zero-order valence-corrected chi connectivity index (χ0v) is 15.5. The molecule has 1 aromatic rings. The molecule has 3 rings (SSSR count). The van der Waals surface area contributed by atoms with E-state index in [-0.39, 0.29) is 29.1 Å². The molecule has 1 aliphatic carbocycles. The number of nitrogens with one attached hydrogen (secondary N) is 1. The fourth-order valence-electron chi connectivity index (χ4n) is 3.12. The average Bonchev–Trinajstić information content (AvgIpc) is 3.31. The van der Waals surface area contributed by atoms with Crippen LogP contribution >= 0.6 is 11.8 Å². The predicted molar refractivity (Wildman–Crippen MR) is 99.1 cm³/mol. The van der Waals surface area contributed by atoms with Crippen molar-refractivity contribution in [3.8, 4) is 0 Å². The standard InChI is InChI=1S/C19H26N2O2S/c1-4-5-17-21(19(23)14-7-8-14)16(11-24-17)18(22)20-15-9-6-12(2)13(3)10-15/h6,9-10,14,16-17H,4-5,7-8,11H2,1-3H3,(H,20,22)/t16-,17-/m1/s1. The lowest BCUT2D eigenvalue weighted by atomic mass is 10.1. The molecular formula is C19H26N2O2S. The fourth-order valence-corrected chi connectivity index (χ4v) is 4.65. The molecule has 0 bridgehead atoms. The molecule has 1 saturated carbocycles. The van der Waals surface area contributed by atoms with Crippen molar-refractivity contribution in [1.82, 2.24) is 4.90 Å². The summed E-state index contributed by atoms with van der Waals surface area (Å²) in [5.41, 5.74) is 3.17. The Balaban J connectivity index is 1.74. The molecule has 4 nitrogen and oxygen atoms in total. The molecule has 1 heterocycles. The molecule has 0 spiro atoms. The van der Waals surface area contributed by atoms with Crippen molar-refractivity contribution in [3.63, 3.8) is 0 Å². The largest absolute Gasteiger partial charge is 0.324 e. The molecule has 130 valence electrons. The van der Waals surface area contributed by atoms with Crippen molar-refractivity contribution < 1.29 is 9.59 Å². The number of carbonyl (C=O) groups is 2. The highest BCUT2D eigenvalue weighted by molar-refractivity contribution is 8.00. The first-order chi connectivity index (χ1) is 11.5. The van der Waals surface area contributed by atoms with Gasteiger partial charge >= 0.3 is 0 Å². The molecule has 2 amide bonds. The van der Waals surface area contributed by atoms with Gasteiger partial charge in [-0.3, -0.25) is 9.59 Å². The number of hydrogen-bond acceptors (Lipinski definition) is 3. The van der Waals surface area contributed by atoms with E-state index in [2.05, 4.69) is 19.2 Å².